The Kier molecular flexibility index (Phi) is 9.02. The van der Waals surface area contributed by atoms with E-state index in [1.807, 2.05) is 0 Å². The van der Waals surface area contributed by atoms with Crippen LogP contribution in [0.1, 0.15) is 23.3 Å². The molecule has 180 valence electrons. The number of aliphatic hydroxyl groups excluding tert-OH is 4. The molecule has 0 amide bonds. The van der Waals surface area contributed by atoms with Crippen molar-refractivity contribution in [3.05, 3.63) is 67.8 Å². The molecule has 13 heteroatoms. The van der Waals surface area contributed by atoms with Crippen LogP contribution in [0.5, 0.6) is 0 Å². The average molecular weight is 466 g/mol. The van der Waals surface area contributed by atoms with Crippen LogP contribution in [0.25, 0.3) is 0 Å². The summed E-state index contributed by atoms with van der Waals surface area (Å²) in [4.78, 5) is 21.2. The molecule has 0 spiro atoms. The molecule has 0 saturated heterocycles. The van der Waals surface area contributed by atoms with E-state index in [0.717, 1.165) is 0 Å². The number of anilines is 2. The van der Waals surface area contributed by atoms with Gasteiger partial charge in [-0.05, 0) is 35.4 Å². The first-order valence-electron chi connectivity index (χ1n) is 9.83. The smallest absolute Gasteiger partial charge is 0.292 e. The Hall–Kier alpha value is -3.36. The molecule has 0 radical (unpaired) electrons. The van der Waals surface area contributed by atoms with Crippen molar-refractivity contribution in [2.24, 2.45) is 0 Å². The summed E-state index contributed by atoms with van der Waals surface area (Å²) in [6.07, 6.45) is -5.54. The Morgan fingerprint density at radius 3 is 1.45 bits per heavy atom. The van der Waals surface area contributed by atoms with E-state index in [9.17, 15) is 40.7 Å². The van der Waals surface area contributed by atoms with E-state index in [0.29, 0.717) is 0 Å². The molecule has 0 aliphatic heterocycles. The molecule has 2 aromatic carbocycles. The summed E-state index contributed by atoms with van der Waals surface area (Å²) in [5.41, 5.74) is 0.306. The quantitative estimate of drug-likeness (QED) is 0.193. The lowest BCUT2D eigenvalue weighted by atomic mass is 9.99. The highest BCUT2D eigenvalue weighted by molar-refractivity contribution is 5.63. The fraction of sp³-hybridized carbons (Fsp3) is 0.400. The lowest BCUT2D eigenvalue weighted by Crippen LogP contribution is -2.32. The van der Waals surface area contributed by atoms with Gasteiger partial charge in [0.1, 0.15) is 35.8 Å². The number of nitrogens with one attached hydrogen (secondary N) is 2. The van der Waals surface area contributed by atoms with Crippen molar-refractivity contribution < 1.29 is 35.0 Å². The largest absolute Gasteiger partial charge is 0.394 e. The molecule has 4 atom stereocenters. The molecule has 2 aromatic rings. The lowest BCUT2D eigenvalue weighted by Gasteiger charge is -2.30. The summed E-state index contributed by atoms with van der Waals surface area (Å²) in [5, 5.41) is 67.7. The van der Waals surface area contributed by atoms with Crippen LogP contribution < -0.4 is 10.6 Å². The number of nitro benzene ring substituents is 2. The summed E-state index contributed by atoms with van der Waals surface area (Å²) in [7, 11) is 2.94. The summed E-state index contributed by atoms with van der Waals surface area (Å²) < 4.78 is 5.91. The zero-order chi connectivity index (χ0) is 24.7. The second-order valence-electron chi connectivity index (χ2n) is 7.04. The number of nitrogens with zero attached hydrogens (tertiary/aromatic N) is 2. The monoisotopic (exact) mass is 466 g/mol. The van der Waals surface area contributed by atoms with E-state index in [1.165, 1.54) is 50.5 Å². The van der Waals surface area contributed by atoms with Gasteiger partial charge in [0.05, 0.1) is 23.1 Å². The highest BCUT2D eigenvalue weighted by atomic mass is 16.6. The predicted octanol–water partition coefficient (Wildman–Crippen LogP) is 1.09. The molecule has 0 saturated carbocycles. The Bertz CT molecular complexity index is 911. The zero-order valence-corrected chi connectivity index (χ0v) is 17.9. The maximum Gasteiger partial charge on any atom is 0.292 e. The summed E-state index contributed by atoms with van der Waals surface area (Å²) in [6, 6.07) is 7.78. The van der Waals surface area contributed by atoms with Crippen molar-refractivity contribution in [3.8, 4) is 0 Å². The molecule has 0 aliphatic rings. The van der Waals surface area contributed by atoms with Gasteiger partial charge < -0.3 is 35.8 Å². The van der Waals surface area contributed by atoms with Crippen LogP contribution in [-0.2, 0) is 4.74 Å². The predicted molar refractivity (Wildman–Crippen MR) is 118 cm³/mol. The first-order chi connectivity index (χ1) is 15.7. The van der Waals surface area contributed by atoms with Crippen LogP contribution in [0.3, 0.4) is 0 Å². The van der Waals surface area contributed by atoms with Crippen LogP contribution in [0.4, 0.5) is 22.7 Å². The van der Waals surface area contributed by atoms with Gasteiger partial charge in [-0.1, -0.05) is 0 Å². The Morgan fingerprint density at radius 2 is 1.18 bits per heavy atom. The first-order valence-corrected chi connectivity index (χ1v) is 9.83. The Balaban J connectivity index is 2.54. The maximum absolute atomic E-state index is 11.2. The highest BCUT2D eigenvalue weighted by Gasteiger charge is 2.32. The molecule has 4 unspecified atom stereocenters. The average Bonchev–Trinajstić information content (AvgIpc) is 2.82. The van der Waals surface area contributed by atoms with E-state index >= 15 is 0 Å². The third-order valence-electron chi connectivity index (χ3n) is 5.00. The van der Waals surface area contributed by atoms with E-state index in [2.05, 4.69) is 10.6 Å². The second-order valence-corrected chi connectivity index (χ2v) is 7.04. The first kappa shape index (κ1) is 25.9. The van der Waals surface area contributed by atoms with Crippen LogP contribution in [0.15, 0.2) is 36.4 Å². The van der Waals surface area contributed by atoms with Gasteiger partial charge in [0.2, 0.25) is 0 Å². The van der Waals surface area contributed by atoms with Crippen molar-refractivity contribution in [2.45, 2.75) is 24.4 Å². The highest BCUT2D eigenvalue weighted by Crippen LogP contribution is 2.37. The second kappa shape index (κ2) is 11.5. The molecule has 0 bridgehead atoms. The minimum atomic E-state index is -1.49. The minimum Gasteiger partial charge on any atom is -0.394 e. The molecule has 0 aromatic heterocycles. The lowest BCUT2D eigenvalue weighted by molar-refractivity contribution is -0.384. The van der Waals surface area contributed by atoms with Gasteiger partial charge >= 0.3 is 0 Å². The van der Waals surface area contributed by atoms with E-state index in [4.69, 9.17) is 4.74 Å². The Morgan fingerprint density at radius 1 is 0.818 bits per heavy atom. The molecular formula is C20H26N4O9. The number of benzene rings is 2. The number of ether oxygens (including phenoxy) is 1. The topological polar surface area (TPSA) is 200 Å². The van der Waals surface area contributed by atoms with Gasteiger partial charge in [0, 0.05) is 26.2 Å². The van der Waals surface area contributed by atoms with Crippen molar-refractivity contribution in [1.82, 2.24) is 0 Å². The third kappa shape index (κ3) is 5.91. The molecule has 0 aliphatic carbocycles. The van der Waals surface area contributed by atoms with Crippen molar-refractivity contribution >= 4 is 22.7 Å². The van der Waals surface area contributed by atoms with Gasteiger partial charge in [-0.3, -0.25) is 20.2 Å². The van der Waals surface area contributed by atoms with Gasteiger partial charge in [-0.25, -0.2) is 0 Å². The minimum absolute atomic E-state index is 0.128. The van der Waals surface area contributed by atoms with E-state index in [-0.39, 0.29) is 33.9 Å². The fourth-order valence-corrected chi connectivity index (χ4v) is 3.31. The number of nitro groups is 2. The Labute approximate surface area is 188 Å². The van der Waals surface area contributed by atoms with E-state index in [1.54, 1.807) is 0 Å². The molecule has 33 heavy (non-hydrogen) atoms. The number of aliphatic hydroxyl groups is 4. The molecule has 0 heterocycles. The van der Waals surface area contributed by atoms with Crippen LogP contribution >= 0.6 is 0 Å². The molecule has 2 rings (SSSR count). The van der Waals surface area contributed by atoms with Gasteiger partial charge in [-0.15, -0.1) is 0 Å². The van der Waals surface area contributed by atoms with Crippen molar-refractivity contribution in [1.29, 1.82) is 0 Å². The van der Waals surface area contributed by atoms with Crippen LogP contribution in [0.2, 0.25) is 0 Å². The van der Waals surface area contributed by atoms with Gasteiger partial charge in [0.25, 0.3) is 11.4 Å². The standard InChI is InChI=1S/C20H26N4O9/c1-21-13-7-11(3-5-15(13)23(29)30)19(17(27)9-25)33-20(18(28)10-26)12-4-6-16(24(31)32)14(8-12)22-2/h3-8,17-22,25-28H,9-10H2,1-2H3. The van der Waals surface area contributed by atoms with E-state index < -0.39 is 47.5 Å². The van der Waals surface area contributed by atoms with Gasteiger partial charge in [0.15, 0.2) is 0 Å². The molecule has 0 fully saturated rings. The summed E-state index contributed by atoms with van der Waals surface area (Å²) in [5.74, 6) is 0. The third-order valence-corrected chi connectivity index (χ3v) is 5.00. The molecule has 6 N–H and O–H groups in total. The summed E-state index contributed by atoms with van der Waals surface area (Å²) >= 11 is 0. The van der Waals surface area contributed by atoms with Gasteiger partial charge in [-0.2, -0.15) is 0 Å². The number of rotatable bonds is 12. The number of hydrogen-bond acceptors (Lipinski definition) is 11. The SMILES string of the molecule is CNc1cc(C(OC(c2ccc([N+](=O)[O-])c(NC)c2)C(O)CO)C(O)CO)ccc1[N+](=O)[O-]. The zero-order valence-electron chi connectivity index (χ0n) is 17.9. The fourth-order valence-electron chi connectivity index (χ4n) is 3.31. The maximum atomic E-state index is 11.2. The van der Waals surface area contributed by atoms with Crippen LogP contribution in [0, 0.1) is 20.2 Å². The summed E-state index contributed by atoms with van der Waals surface area (Å²) in [6.45, 7) is -1.47. The number of hydrogen-bond donors (Lipinski definition) is 6. The van der Waals surface area contributed by atoms with Crippen LogP contribution in [-0.4, -0.2) is 69.8 Å². The van der Waals surface area contributed by atoms with Crippen molar-refractivity contribution in [3.63, 3.8) is 0 Å². The van der Waals surface area contributed by atoms with Crippen molar-refractivity contribution in [2.75, 3.05) is 37.9 Å². The molecule has 13 nitrogen and oxygen atoms in total. The normalized spacial score (nSPS) is 14.7. The molecular weight excluding hydrogens is 440 g/mol.